The summed E-state index contributed by atoms with van der Waals surface area (Å²) in [6.45, 7) is 0. The molecule has 0 amide bonds. The molecule has 5 heteroatoms. The minimum atomic E-state index is -0.0277. The third-order valence-corrected chi connectivity index (χ3v) is 2.59. The Bertz CT molecular complexity index is 514. The molecule has 2 aromatic rings. The number of halogens is 1. The average Bonchev–Trinajstić information content (AvgIpc) is 2.34. The van der Waals surface area contributed by atoms with E-state index in [1.54, 1.807) is 42.5 Å². The van der Waals surface area contributed by atoms with Gasteiger partial charge in [-0.1, -0.05) is 35.9 Å². The molecule has 0 heterocycles. The Hall–Kier alpha value is -1.65. The molecule has 0 aromatic heterocycles. The first-order valence-electron chi connectivity index (χ1n) is 4.93. The minimum absolute atomic E-state index is 0.0277. The minimum Gasteiger partial charge on any atom is -0.535 e. The monoisotopic (exact) mass is 247 g/mol. The van der Waals surface area contributed by atoms with Crippen molar-refractivity contribution in [2.45, 2.75) is 0 Å². The molecule has 0 aliphatic heterocycles. The highest BCUT2D eigenvalue weighted by molar-refractivity contribution is 6.30. The Morgan fingerprint density at radius 1 is 1.06 bits per heavy atom. The van der Waals surface area contributed by atoms with Gasteiger partial charge in [0.05, 0.1) is 0 Å². The normalized spacial score (nSPS) is 10.0. The second-order valence-corrected chi connectivity index (χ2v) is 3.82. The maximum atomic E-state index is 9.95. The summed E-state index contributed by atoms with van der Waals surface area (Å²) in [5.41, 5.74) is 1.43. The molecule has 0 bridgehead atoms. The van der Waals surface area contributed by atoms with Gasteiger partial charge in [-0.15, -0.1) is 0 Å². The van der Waals surface area contributed by atoms with E-state index >= 15 is 0 Å². The number of hydrogen-bond acceptors (Lipinski definition) is 3. The van der Waals surface area contributed by atoms with E-state index in [9.17, 15) is 5.11 Å². The number of aromatic hydroxyl groups is 1. The molecule has 0 saturated carbocycles. The van der Waals surface area contributed by atoms with Crippen LogP contribution in [0.15, 0.2) is 42.5 Å². The Morgan fingerprint density at radius 2 is 1.76 bits per heavy atom. The first-order valence-corrected chi connectivity index (χ1v) is 5.30. The second-order valence-electron chi connectivity index (χ2n) is 3.38. The highest BCUT2D eigenvalue weighted by atomic mass is 35.5. The summed E-state index contributed by atoms with van der Waals surface area (Å²) in [4.78, 5) is 0. The van der Waals surface area contributed by atoms with Gasteiger partial charge in [-0.25, -0.2) is 0 Å². The number of para-hydroxylation sites is 1. The van der Waals surface area contributed by atoms with Gasteiger partial charge in [-0.2, -0.15) is 0 Å². The molecule has 0 fully saturated rings. The van der Waals surface area contributed by atoms with Crippen LogP contribution in [0.4, 0.5) is 0 Å². The highest BCUT2D eigenvalue weighted by Gasteiger charge is 2.09. The molecule has 0 unspecified atom stereocenters. The zero-order valence-corrected chi connectivity index (χ0v) is 9.56. The van der Waals surface area contributed by atoms with Crippen LogP contribution in [0.25, 0.3) is 11.1 Å². The van der Waals surface area contributed by atoms with Gasteiger partial charge in [0, 0.05) is 10.6 Å². The standard InChI is InChI=1S/C12H9BClO3/c14-9-6-4-8(5-7-9)10-2-1-3-11(12(10)15)17-13-16/h1-7,15-16H. The maximum Gasteiger partial charge on any atom is 0.569 e. The topological polar surface area (TPSA) is 49.7 Å². The average molecular weight is 247 g/mol. The van der Waals surface area contributed by atoms with Crippen LogP contribution in [0.5, 0.6) is 11.5 Å². The third kappa shape index (κ3) is 2.54. The number of phenolic OH excluding ortho intramolecular Hbond substituents is 1. The van der Waals surface area contributed by atoms with Crippen molar-refractivity contribution < 1.29 is 14.8 Å². The molecule has 0 aliphatic rings. The zero-order valence-electron chi connectivity index (χ0n) is 8.80. The van der Waals surface area contributed by atoms with E-state index in [2.05, 4.69) is 0 Å². The quantitative estimate of drug-likeness (QED) is 0.820. The van der Waals surface area contributed by atoms with Crippen LogP contribution < -0.4 is 4.65 Å². The van der Waals surface area contributed by atoms with E-state index in [1.807, 2.05) is 0 Å². The van der Waals surface area contributed by atoms with Crippen molar-refractivity contribution >= 4 is 19.3 Å². The van der Waals surface area contributed by atoms with E-state index in [-0.39, 0.29) is 11.5 Å². The van der Waals surface area contributed by atoms with Crippen molar-refractivity contribution in [3.63, 3.8) is 0 Å². The number of hydrogen-bond donors (Lipinski definition) is 2. The molecule has 0 aliphatic carbocycles. The van der Waals surface area contributed by atoms with Crippen molar-refractivity contribution in [3.8, 4) is 22.6 Å². The lowest BCUT2D eigenvalue weighted by Crippen LogP contribution is -2.00. The van der Waals surface area contributed by atoms with Gasteiger partial charge < -0.3 is 14.8 Å². The molecule has 0 saturated heterocycles. The Labute approximate surface area is 105 Å². The molecular formula is C12H9BClO3. The third-order valence-electron chi connectivity index (χ3n) is 2.33. The van der Waals surface area contributed by atoms with E-state index in [1.165, 1.54) is 0 Å². The largest absolute Gasteiger partial charge is 0.569 e. The Balaban J connectivity index is 2.45. The van der Waals surface area contributed by atoms with Gasteiger partial charge >= 0.3 is 7.69 Å². The van der Waals surface area contributed by atoms with Crippen molar-refractivity contribution in [2.75, 3.05) is 0 Å². The summed E-state index contributed by atoms with van der Waals surface area (Å²) in [6, 6.07) is 12.1. The number of benzene rings is 2. The first-order chi connectivity index (χ1) is 8.22. The highest BCUT2D eigenvalue weighted by Crippen LogP contribution is 2.36. The maximum absolute atomic E-state index is 9.95. The fourth-order valence-electron chi connectivity index (χ4n) is 1.54. The van der Waals surface area contributed by atoms with Crippen LogP contribution in [-0.2, 0) is 0 Å². The van der Waals surface area contributed by atoms with Crippen LogP contribution in [0.1, 0.15) is 0 Å². The lowest BCUT2D eigenvalue weighted by atomic mass is 10.0. The van der Waals surface area contributed by atoms with Gasteiger partial charge in [-0.05, 0) is 23.8 Å². The first kappa shape index (κ1) is 11.8. The van der Waals surface area contributed by atoms with Crippen LogP contribution in [0, 0.1) is 0 Å². The summed E-state index contributed by atoms with van der Waals surface area (Å²) >= 11 is 5.79. The Morgan fingerprint density at radius 3 is 2.41 bits per heavy atom. The van der Waals surface area contributed by atoms with E-state index in [0.29, 0.717) is 18.3 Å². The molecule has 0 spiro atoms. The molecule has 2 N–H and O–H groups in total. The van der Waals surface area contributed by atoms with Crippen LogP contribution in [0.3, 0.4) is 0 Å². The van der Waals surface area contributed by atoms with Gasteiger partial charge in [0.2, 0.25) is 0 Å². The lowest BCUT2D eigenvalue weighted by Gasteiger charge is -2.09. The number of phenols is 1. The van der Waals surface area contributed by atoms with E-state index < -0.39 is 0 Å². The summed E-state index contributed by atoms with van der Waals surface area (Å²) in [7, 11) is 0.528. The predicted octanol–water partition coefficient (Wildman–Crippen LogP) is 2.62. The van der Waals surface area contributed by atoms with Crippen molar-refractivity contribution in [1.82, 2.24) is 0 Å². The summed E-state index contributed by atoms with van der Waals surface area (Å²) in [5.74, 6) is 0.167. The van der Waals surface area contributed by atoms with Crippen LogP contribution in [-0.4, -0.2) is 17.8 Å². The smallest absolute Gasteiger partial charge is 0.535 e. The fraction of sp³-hybridized carbons (Fsp3) is 0. The summed E-state index contributed by atoms with van der Waals surface area (Å²) in [6.07, 6.45) is 0. The molecule has 2 aromatic carbocycles. The summed E-state index contributed by atoms with van der Waals surface area (Å²) in [5, 5.41) is 19.1. The Kier molecular flexibility index (Phi) is 3.56. The van der Waals surface area contributed by atoms with Crippen LogP contribution in [0.2, 0.25) is 5.02 Å². The molecular weight excluding hydrogens is 238 g/mol. The summed E-state index contributed by atoms with van der Waals surface area (Å²) < 4.78 is 4.78. The number of rotatable bonds is 3. The van der Waals surface area contributed by atoms with Gasteiger partial charge in [-0.3, -0.25) is 0 Å². The predicted molar refractivity (Wildman–Crippen MR) is 67.2 cm³/mol. The van der Waals surface area contributed by atoms with Crippen molar-refractivity contribution in [2.24, 2.45) is 0 Å². The molecule has 2 rings (SSSR count). The molecule has 3 nitrogen and oxygen atoms in total. The van der Waals surface area contributed by atoms with E-state index in [0.717, 1.165) is 5.56 Å². The van der Waals surface area contributed by atoms with Gasteiger partial charge in [0.1, 0.15) is 5.75 Å². The lowest BCUT2D eigenvalue weighted by molar-refractivity contribution is 0.411. The molecule has 1 radical (unpaired) electrons. The van der Waals surface area contributed by atoms with E-state index in [4.69, 9.17) is 21.3 Å². The fourth-order valence-corrected chi connectivity index (χ4v) is 1.66. The van der Waals surface area contributed by atoms with Gasteiger partial charge in [0.15, 0.2) is 5.75 Å². The van der Waals surface area contributed by atoms with Gasteiger partial charge in [0.25, 0.3) is 0 Å². The van der Waals surface area contributed by atoms with Crippen molar-refractivity contribution in [3.05, 3.63) is 47.5 Å². The van der Waals surface area contributed by atoms with Crippen LogP contribution >= 0.6 is 11.6 Å². The molecule has 0 atom stereocenters. The second kappa shape index (κ2) is 5.12. The molecule has 17 heavy (non-hydrogen) atoms. The zero-order chi connectivity index (χ0) is 12.3. The molecule has 85 valence electrons. The SMILES string of the molecule is O[B]Oc1cccc(-c2ccc(Cl)cc2)c1O. The van der Waals surface area contributed by atoms with Crippen molar-refractivity contribution in [1.29, 1.82) is 0 Å².